The van der Waals surface area contributed by atoms with Crippen LogP contribution in [0.3, 0.4) is 0 Å². The smallest absolute Gasteiger partial charge is 0.373 e. The minimum atomic E-state index is -0.558. The van der Waals surface area contributed by atoms with E-state index in [1.807, 2.05) is 20.8 Å². The van der Waals surface area contributed by atoms with Gasteiger partial charge < -0.3 is 10.6 Å². The van der Waals surface area contributed by atoms with Crippen LogP contribution in [-0.2, 0) is 60.7 Å². The van der Waals surface area contributed by atoms with Crippen LogP contribution in [0.4, 0.5) is 0 Å². The number of rotatable bonds is 8. The van der Waals surface area contributed by atoms with Crippen LogP contribution in [0, 0.1) is 13.8 Å². The lowest BCUT2D eigenvalue weighted by molar-refractivity contribution is -0.193. The number of esters is 1. The number of nitrogens with zero attached hydrogens (tertiary/aromatic N) is 4. The Morgan fingerprint density at radius 2 is 1.18 bits per heavy atom. The Morgan fingerprint density at radius 3 is 1.47 bits per heavy atom. The van der Waals surface area contributed by atoms with Crippen LogP contribution in [0.5, 0.6) is 0 Å². The number of hydrogen-bond acceptors (Lipinski definition) is 13. The summed E-state index contributed by atoms with van der Waals surface area (Å²) in [6, 6.07) is 0. The Labute approximate surface area is 267 Å². The van der Waals surface area contributed by atoms with Crippen molar-refractivity contribution >= 4 is 47.2 Å². The van der Waals surface area contributed by atoms with Gasteiger partial charge in [0.1, 0.15) is 18.1 Å². The largest absolute Gasteiger partial charge is 0.469 e. The van der Waals surface area contributed by atoms with E-state index < -0.39 is 11.9 Å². The van der Waals surface area contributed by atoms with Crippen LogP contribution < -0.4 is 11.3 Å². The van der Waals surface area contributed by atoms with E-state index in [-0.39, 0.29) is 36.0 Å². The molecule has 16 nitrogen and oxygen atoms in total. The third kappa shape index (κ3) is 20.7. The van der Waals surface area contributed by atoms with Crippen LogP contribution in [-0.4, -0.2) is 62.0 Å². The highest BCUT2D eigenvalue weighted by Gasteiger charge is 2.18. The molecule has 0 bridgehead atoms. The molecule has 2 aromatic rings. The third-order valence-corrected chi connectivity index (χ3v) is 5.47. The van der Waals surface area contributed by atoms with Crippen molar-refractivity contribution in [2.45, 2.75) is 99.8 Å². The van der Waals surface area contributed by atoms with E-state index >= 15 is 0 Å². The number of aryl methyl sites for hydroxylation is 2. The Kier molecular flexibility index (Phi) is 29.4. The average Bonchev–Trinajstić information content (AvgIpc) is 3.45. The molecule has 0 atom stereocenters. The zero-order chi connectivity index (χ0) is 36.3. The maximum atomic E-state index is 11.7. The maximum absolute atomic E-state index is 11.7. The van der Waals surface area contributed by atoms with Gasteiger partial charge in [-0.3, -0.25) is 24.5 Å². The lowest BCUT2D eigenvalue weighted by Gasteiger charge is -2.12. The first kappa shape index (κ1) is 47.2. The van der Waals surface area contributed by atoms with Crippen molar-refractivity contribution in [3.63, 3.8) is 0 Å². The molecule has 2 heterocycles. The molecule has 0 aromatic carbocycles. The molecule has 0 aliphatic heterocycles. The molecule has 0 fully saturated rings. The van der Waals surface area contributed by atoms with Gasteiger partial charge in [0.25, 0.3) is 0 Å². The van der Waals surface area contributed by atoms with Crippen molar-refractivity contribution in [3.8, 4) is 0 Å². The molecule has 0 aliphatic carbocycles. The molecule has 45 heavy (non-hydrogen) atoms. The fraction of sp³-hybridized carbons (Fsp3) is 0.571. The molecule has 3 N–H and O–H groups in total. The topological polar surface area (TPSA) is 237 Å². The Balaban J connectivity index is -0.000000274. The number of imidazole rings is 2. The molecule has 0 saturated carbocycles. The van der Waals surface area contributed by atoms with Gasteiger partial charge in [-0.15, -0.1) is 0 Å². The number of methoxy groups -OCH3 is 1. The average molecular weight is 659 g/mol. The monoisotopic (exact) mass is 658 g/mol. The van der Waals surface area contributed by atoms with Crippen molar-refractivity contribution in [2.24, 2.45) is 0 Å². The predicted octanol–water partition coefficient (Wildman–Crippen LogP) is 2.51. The number of nitrogens with one attached hydrogen (secondary N) is 1. The van der Waals surface area contributed by atoms with E-state index in [0.29, 0.717) is 18.2 Å². The zero-order valence-electron chi connectivity index (χ0n) is 27.3. The molecule has 0 spiro atoms. The Morgan fingerprint density at radius 1 is 0.822 bits per heavy atom. The molecule has 0 saturated heterocycles. The quantitative estimate of drug-likeness (QED) is 0.180. The van der Waals surface area contributed by atoms with Gasteiger partial charge in [0.05, 0.1) is 29.9 Å². The fourth-order valence-corrected chi connectivity index (χ4v) is 3.34. The highest BCUT2D eigenvalue weighted by molar-refractivity contribution is 6.63. The summed E-state index contributed by atoms with van der Waals surface area (Å²) in [5.41, 5.74) is 6.91. The molecule has 0 radical (unpaired) electrons. The number of halogens is 1. The van der Waals surface area contributed by atoms with Crippen LogP contribution in [0.2, 0.25) is 0 Å². The van der Waals surface area contributed by atoms with E-state index in [0.717, 1.165) is 41.4 Å². The summed E-state index contributed by atoms with van der Waals surface area (Å²) in [5.74, 6) is 7.19. The number of aromatic nitrogens is 4. The Hall–Kier alpha value is -4.74. The first-order valence-electron chi connectivity index (χ1n) is 13.4. The molecule has 17 heteroatoms. The lowest BCUT2D eigenvalue weighted by atomic mass is 10.1. The first-order chi connectivity index (χ1) is 21.0. The lowest BCUT2D eigenvalue weighted by Crippen LogP contribution is -2.27. The van der Waals surface area contributed by atoms with E-state index in [2.05, 4.69) is 54.7 Å². The van der Waals surface area contributed by atoms with Gasteiger partial charge in [0.2, 0.25) is 11.1 Å². The molecular formula is C28H43ClN6O10. The molecule has 2 aromatic heterocycles. The summed E-state index contributed by atoms with van der Waals surface area (Å²) in [4.78, 5) is 90.0. The van der Waals surface area contributed by atoms with Crippen LogP contribution >= 0.6 is 11.6 Å². The predicted molar refractivity (Wildman–Crippen MR) is 158 cm³/mol. The summed E-state index contributed by atoms with van der Waals surface area (Å²) < 4.78 is 7.81. The highest BCUT2D eigenvalue weighted by Crippen LogP contribution is 2.20. The van der Waals surface area contributed by atoms with E-state index in [9.17, 15) is 14.4 Å². The second kappa shape index (κ2) is 28.1. The normalized spacial score (nSPS) is 8.82. The second-order valence-electron chi connectivity index (χ2n) is 8.95. The molecule has 0 aliphatic rings. The summed E-state index contributed by atoms with van der Waals surface area (Å²) in [6.07, 6.45) is 2.59. The van der Waals surface area contributed by atoms with Gasteiger partial charge in [-0.25, -0.2) is 14.6 Å². The molecule has 1 amide bonds. The number of hydrogen-bond donors (Lipinski definition) is 2. The molecule has 2 rings (SSSR count). The molecule has 0 unspecified atom stereocenters. The first-order valence-corrected chi connectivity index (χ1v) is 13.8. The van der Waals surface area contributed by atoms with Crippen molar-refractivity contribution < 1.29 is 47.9 Å². The van der Waals surface area contributed by atoms with Crippen LogP contribution in [0.25, 0.3) is 0 Å². The SMILES string of the molecule is CCC(=O)Cl.CCc1c(C(C)C)nc(C)n1N.CCc1c(C(C)C)nc(C)n1NC(=O)CC(=O)OC.O=C=O.O=C=O.O=C=O. The summed E-state index contributed by atoms with van der Waals surface area (Å²) in [6.45, 7) is 18.0. The standard InChI is InChI=1S/C13H21N3O3.C9H17N3.C3H5ClO.3CO2/c1-6-10-13(8(2)3)14-9(4)16(10)15-11(17)7-12(18)19-5;1-5-8-9(6(2)3)11-7(4)12(8)10;1-2-3(4)5;3*2-1-3/h8H,6-7H2,1-5H3,(H,15,17);6H,5,10H2,1-4H3;2H2,1H3;;;. The highest BCUT2D eigenvalue weighted by atomic mass is 35.5. The third-order valence-electron chi connectivity index (χ3n) is 5.20. The van der Waals surface area contributed by atoms with Crippen LogP contribution in [0.1, 0.15) is 108 Å². The van der Waals surface area contributed by atoms with Gasteiger partial charge in [0, 0.05) is 6.42 Å². The van der Waals surface area contributed by atoms with Gasteiger partial charge >= 0.3 is 24.4 Å². The van der Waals surface area contributed by atoms with Crippen molar-refractivity contribution in [3.05, 3.63) is 34.4 Å². The number of amides is 1. The Bertz CT molecular complexity index is 1250. The van der Waals surface area contributed by atoms with Gasteiger partial charge in [0.15, 0.2) is 0 Å². The van der Waals surface area contributed by atoms with Gasteiger partial charge in [-0.1, -0.05) is 48.5 Å². The van der Waals surface area contributed by atoms with E-state index in [1.54, 1.807) is 16.3 Å². The second-order valence-corrected chi connectivity index (χ2v) is 9.37. The summed E-state index contributed by atoms with van der Waals surface area (Å²) in [7, 11) is 1.26. The zero-order valence-corrected chi connectivity index (χ0v) is 28.1. The fourth-order valence-electron chi connectivity index (χ4n) is 3.34. The minimum absolute atomic E-state index is 0.250. The maximum Gasteiger partial charge on any atom is 0.373 e. The summed E-state index contributed by atoms with van der Waals surface area (Å²) >= 11 is 4.82. The number of carbonyl (C=O) groups is 3. The van der Waals surface area contributed by atoms with Crippen molar-refractivity contribution in [1.29, 1.82) is 0 Å². The van der Waals surface area contributed by atoms with Crippen molar-refractivity contribution in [2.75, 3.05) is 18.4 Å². The number of ether oxygens (including phenoxy) is 1. The number of nitrogens with two attached hydrogens (primary N) is 1. The molecular weight excluding hydrogens is 616 g/mol. The van der Waals surface area contributed by atoms with Crippen molar-refractivity contribution in [1.82, 2.24) is 19.3 Å². The molecule has 252 valence electrons. The number of carbonyl (C=O) groups excluding carboxylic acids is 9. The number of nitrogen functional groups attached to an aromatic ring is 1. The minimum Gasteiger partial charge on any atom is -0.469 e. The van der Waals surface area contributed by atoms with Gasteiger partial charge in [-0.05, 0) is 50.1 Å². The van der Waals surface area contributed by atoms with Gasteiger partial charge in [-0.2, -0.15) is 28.8 Å². The van der Waals surface area contributed by atoms with Crippen LogP contribution in [0.15, 0.2) is 0 Å². The van der Waals surface area contributed by atoms with E-state index in [1.165, 1.54) is 7.11 Å². The summed E-state index contributed by atoms with van der Waals surface area (Å²) in [5, 5.41) is -0.273. The van der Waals surface area contributed by atoms with E-state index in [4.69, 9.17) is 46.2 Å².